The van der Waals surface area contributed by atoms with Gasteiger partial charge in [0.1, 0.15) is 0 Å². The van der Waals surface area contributed by atoms with Crippen LogP contribution in [-0.4, -0.2) is 21.1 Å². The summed E-state index contributed by atoms with van der Waals surface area (Å²) >= 11 is 5.12. The highest BCUT2D eigenvalue weighted by atomic mass is 32.1. The molecule has 1 rings (SSSR count). The number of nitrogens with zero attached hydrogens (tertiary/aromatic N) is 2. The van der Waals surface area contributed by atoms with Gasteiger partial charge in [0.25, 0.3) is 0 Å². The molecule has 0 aliphatic carbocycles. The predicted molar refractivity (Wildman–Crippen MR) is 65.9 cm³/mol. The summed E-state index contributed by atoms with van der Waals surface area (Å²) in [6.45, 7) is 6.09. The largest absolute Gasteiger partial charge is 0.360 e. The van der Waals surface area contributed by atoms with Gasteiger partial charge in [0, 0.05) is 17.9 Å². The van der Waals surface area contributed by atoms with E-state index < -0.39 is 0 Å². The van der Waals surface area contributed by atoms with Crippen LogP contribution in [0, 0.1) is 6.92 Å². The van der Waals surface area contributed by atoms with E-state index in [4.69, 9.17) is 12.2 Å². The summed E-state index contributed by atoms with van der Waals surface area (Å²) in [6.07, 6.45) is 2.73. The minimum Gasteiger partial charge on any atom is -0.360 e. The van der Waals surface area contributed by atoms with Crippen molar-refractivity contribution in [2.24, 2.45) is 0 Å². The van der Waals surface area contributed by atoms with E-state index in [0.29, 0.717) is 17.1 Å². The van der Waals surface area contributed by atoms with E-state index in [-0.39, 0.29) is 0 Å². The zero-order valence-electron chi connectivity index (χ0n) is 9.24. The molecule has 0 spiro atoms. The smallest absolute Gasteiger partial charge is 0.229 e. The van der Waals surface area contributed by atoms with Crippen molar-refractivity contribution in [2.45, 2.75) is 33.2 Å². The van der Waals surface area contributed by atoms with Crippen molar-refractivity contribution in [3.63, 3.8) is 0 Å². The Bertz CT molecular complexity index is 340. The number of hydrogen-bond donors (Lipinski definition) is 2. The minimum absolute atomic E-state index is 0.356. The van der Waals surface area contributed by atoms with E-state index in [1.807, 2.05) is 13.0 Å². The van der Waals surface area contributed by atoms with Crippen molar-refractivity contribution >= 4 is 23.3 Å². The Balaban J connectivity index is 2.51. The van der Waals surface area contributed by atoms with E-state index in [2.05, 4.69) is 34.4 Å². The van der Waals surface area contributed by atoms with Gasteiger partial charge in [-0.3, -0.25) is 0 Å². The van der Waals surface area contributed by atoms with Crippen molar-refractivity contribution in [1.29, 1.82) is 0 Å². The second-order valence-corrected chi connectivity index (χ2v) is 3.84. The van der Waals surface area contributed by atoms with Crippen LogP contribution in [-0.2, 0) is 0 Å². The van der Waals surface area contributed by atoms with Gasteiger partial charge in [-0.25, -0.2) is 9.97 Å². The molecular formula is C10H16N4S. The van der Waals surface area contributed by atoms with Crippen LogP contribution in [0.2, 0.25) is 0 Å². The molecular weight excluding hydrogens is 208 g/mol. The van der Waals surface area contributed by atoms with E-state index in [1.54, 1.807) is 6.20 Å². The molecule has 5 heteroatoms. The molecule has 0 saturated carbocycles. The lowest BCUT2D eigenvalue weighted by molar-refractivity contribution is 0.645. The zero-order chi connectivity index (χ0) is 11.3. The zero-order valence-corrected chi connectivity index (χ0v) is 10.1. The van der Waals surface area contributed by atoms with Gasteiger partial charge in [-0.2, -0.15) is 0 Å². The van der Waals surface area contributed by atoms with Crippen molar-refractivity contribution < 1.29 is 0 Å². The number of rotatable bonds is 3. The quantitative estimate of drug-likeness (QED) is 0.768. The second-order valence-electron chi connectivity index (χ2n) is 3.43. The highest BCUT2D eigenvalue weighted by Crippen LogP contribution is 1.99. The molecule has 82 valence electrons. The van der Waals surface area contributed by atoms with Gasteiger partial charge in [-0.15, -0.1) is 0 Å². The first-order chi connectivity index (χ1) is 7.11. The third kappa shape index (κ3) is 4.20. The Morgan fingerprint density at radius 3 is 2.93 bits per heavy atom. The third-order valence-electron chi connectivity index (χ3n) is 2.01. The molecule has 0 saturated heterocycles. The number of hydrogen-bond acceptors (Lipinski definition) is 3. The first-order valence-corrected chi connectivity index (χ1v) is 5.39. The van der Waals surface area contributed by atoms with E-state index in [9.17, 15) is 0 Å². The van der Waals surface area contributed by atoms with Crippen LogP contribution in [0.15, 0.2) is 12.3 Å². The lowest BCUT2D eigenvalue weighted by Gasteiger charge is -2.14. The second kappa shape index (κ2) is 5.60. The number of anilines is 1. The summed E-state index contributed by atoms with van der Waals surface area (Å²) in [5, 5.41) is 6.65. The molecule has 0 fully saturated rings. The maximum atomic E-state index is 5.12. The molecule has 0 radical (unpaired) electrons. The van der Waals surface area contributed by atoms with Gasteiger partial charge in [0.2, 0.25) is 5.95 Å². The molecule has 0 bridgehead atoms. The van der Waals surface area contributed by atoms with E-state index >= 15 is 0 Å². The van der Waals surface area contributed by atoms with Crippen LogP contribution in [0.5, 0.6) is 0 Å². The maximum absolute atomic E-state index is 5.12. The molecule has 0 aliphatic heterocycles. The third-order valence-corrected chi connectivity index (χ3v) is 2.23. The Morgan fingerprint density at radius 2 is 2.33 bits per heavy atom. The first kappa shape index (κ1) is 11.8. The molecule has 15 heavy (non-hydrogen) atoms. The fourth-order valence-electron chi connectivity index (χ4n) is 0.973. The normalized spacial score (nSPS) is 11.9. The van der Waals surface area contributed by atoms with Crippen molar-refractivity contribution in [3.05, 3.63) is 18.0 Å². The number of thiocarbonyl (C=S) groups is 1. The number of aryl methyl sites for hydroxylation is 1. The Hall–Kier alpha value is -1.23. The lowest BCUT2D eigenvalue weighted by atomic mass is 10.3. The molecule has 1 unspecified atom stereocenters. The lowest BCUT2D eigenvalue weighted by Crippen LogP contribution is -2.35. The number of nitrogens with one attached hydrogen (secondary N) is 2. The summed E-state index contributed by atoms with van der Waals surface area (Å²) < 4.78 is 0. The van der Waals surface area contributed by atoms with Crippen LogP contribution >= 0.6 is 12.2 Å². The summed E-state index contributed by atoms with van der Waals surface area (Å²) in [5.74, 6) is 0.538. The molecule has 2 N–H and O–H groups in total. The van der Waals surface area contributed by atoms with Crippen molar-refractivity contribution in [2.75, 3.05) is 5.32 Å². The van der Waals surface area contributed by atoms with Crippen molar-refractivity contribution in [1.82, 2.24) is 15.3 Å². The van der Waals surface area contributed by atoms with Gasteiger partial charge in [-0.1, -0.05) is 6.92 Å². The highest BCUT2D eigenvalue weighted by Gasteiger charge is 2.03. The first-order valence-electron chi connectivity index (χ1n) is 4.99. The van der Waals surface area contributed by atoms with E-state index in [0.717, 1.165) is 12.1 Å². The summed E-state index contributed by atoms with van der Waals surface area (Å²) in [5.41, 5.74) is 0.916. The Morgan fingerprint density at radius 1 is 1.60 bits per heavy atom. The molecule has 1 aromatic heterocycles. The Labute approximate surface area is 95.5 Å². The standard InChI is InChI=1S/C10H16N4S/c1-4-7(2)13-10(15)14-9-11-6-5-8(3)12-9/h5-7H,4H2,1-3H3,(H2,11,12,13,14,15). The van der Waals surface area contributed by atoms with Gasteiger partial charge < -0.3 is 10.6 Å². The SMILES string of the molecule is CCC(C)NC(=S)Nc1nccc(C)n1. The maximum Gasteiger partial charge on any atom is 0.229 e. The van der Waals surface area contributed by atoms with Crippen molar-refractivity contribution in [3.8, 4) is 0 Å². The number of aromatic nitrogens is 2. The monoisotopic (exact) mass is 224 g/mol. The predicted octanol–water partition coefficient (Wildman–Crippen LogP) is 1.87. The average Bonchev–Trinajstić information content (AvgIpc) is 2.17. The van der Waals surface area contributed by atoms with Gasteiger partial charge >= 0.3 is 0 Å². The fraction of sp³-hybridized carbons (Fsp3) is 0.500. The Kier molecular flexibility index (Phi) is 4.42. The summed E-state index contributed by atoms with van der Waals surface area (Å²) in [6, 6.07) is 2.20. The fourth-order valence-corrected chi connectivity index (χ4v) is 1.27. The minimum atomic E-state index is 0.356. The van der Waals surface area contributed by atoms with Gasteiger partial charge in [-0.05, 0) is 38.6 Å². The summed E-state index contributed by atoms with van der Waals surface area (Å²) in [7, 11) is 0. The molecule has 4 nitrogen and oxygen atoms in total. The van der Waals surface area contributed by atoms with Crippen LogP contribution in [0.25, 0.3) is 0 Å². The summed E-state index contributed by atoms with van der Waals surface area (Å²) in [4.78, 5) is 8.26. The van der Waals surface area contributed by atoms with Crippen LogP contribution in [0.4, 0.5) is 5.95 Å². The molecule has 0 aliphatic rings. The molecule has 0 aromatic carbocycles. The van der Waals surface area contributed by atoms with Gasteiger partial charge in [0.15, 0.2) is 5.11 Å². The molecule has 1 aromatic rings. The van der Waals surface area contributed by atoms with Crippen LogP contribution in [0.1, 0.15) is 26.0 Å². The van der Waals surface area contributed by atoms with Crippen LogP contribution < -0.4 is 10.6 Å². The van der Waals surface area contributed by atoms with E-state index in [1.165, 1.54) is 0 Å². The highest BCUT2D eigenvalue weighted by molar-refractivity contribution is 7.80. The molecule has 1 heterocycles. The molecule has 0 amide bonds. The van der Waals surface area contributed by atoms with Gasteiger partial charge in [0.05, 0.1) is 0 Å². The average molecular weight is 224 g/mol. The molecule has 1 atom stereocenters. The topological polar surface area (TPSA) is 49.8 Å². The van der Waals surface area contributed by atoms with Crippen LogP contribution in [0.3, 0.4) is 0 Å².